The summed E-state index contributed by atoms with van der Waals surface area (Å²) in [4.78, 5) is 36.7. The Bertz CT molecular complexity index is 597. The molecule has 1 aromatic rings. The van der Waals surface area contributed by atoms with Crippen molar-refractivity contribution in [2.75, 3.05) is 6.54 Å². The van der Waals surface area contributed by atoms with Gasteiger partial charge in [-0.25, -0.2) is 9.59 Å². The van der Waals surface area contributed by atoms with Crippen LogP contribution in [0.15, 0.2) is 16.5 Å². The Hall–Kier alpha value is -2.31. The minimum atomic E-state index is -1.25. The summed E-state index contributed by atoms with van der Waals surface area (Å²) < 4.78 is 10.3. The number of carbonyl (C=O) groups is 3. The van der Waals surface area contributed by atoms with Crippen LogP contribution >= 0.6 is 0 Å². The summed E-state index contributed by atoms with van der Waals surface area (Å²) in [6.45, 7) is 5.69. The van der Waals surface area contributed by atoms with E-state index in [2.05, 4.69) is 0 Å². The first kappa shape index (κ1) is 16.1. The number of esters is 1. The third kappa shape index (κ3) is 3.47. The molecule has 1 atom stereocenters. The quantitative estimate of drug-likeness (QED) is 0.857. The number of rotatable bonds is 3. The van der Waals surface area contributed by atoms with Gasteiger partial charge in [-0.1, -0.05) is 0 Å². The Morgan fingerprint density at radius 3 is 2.45 bits per heavy atom. The number of carboxylic acids is 1. The van der Waals surface area contributed by atoms with Gasteiger partial charge in [-0.05, 0) is 45.7 Å². The molecule has 1 N–H and O–H groups in total. The Morgan fingerprint density at radius 1 is 1.27 bits per heavy atom. The largest absolute Gasteiger partial charge is 0.475 e. The molecule has 1 aliphatic heterocycles. The van der Waals surface area contributed by atoms with Crippen molar-refractivity contribution < 1.29 is 28.6 Å². The van der Waals surface area contributed by atoms with Crippen molar-refractivity contribution >= 4 is 17.8 Å². The van der Waals surface area contributed by atoms with Crippen molar-refractivity contribution in [1.82, 2.24) is 4.90 Å². The van der Waals surface area contributed by atoms with Crippen molar-refractivity contribution in [3.63, 3.8) is 0 Å². The number of carbonyl (C=O) groups excluding carboxylic acids is 2. The summed E-state index contributed by atoms with van der Waals surface area (Å²) in [5.74, 6) is -2.60. The minimum absolute atomic E-state index is 0.0899. The predicted molar refractivity (Wildman–Crippen MR) is 75.6 cm³/mol. The average Bonchev–Trinajstić information content (AvgIpc) is 3.05. The van der Waals surface area contributed by atoms with Crippen LogP contribution in [-0.2, 0) is 9.53 Å². The van der Waals surface area contributed by atoms with Gasteiger partial charge in [-0.15, -0.1) is 0 Å². The highest BCUT2D eigenvalue weighted by molar-refractivity contribution is 5.96. The molecule has 2 heterocycles. The fraction of sp³-hybridized carbons (Fsp3) is 0.533. The molecule has 1 aromatic heterocycles. The lowest BCUT2D eigenvalue weighted by Gasteiger charge is -2.26. The molecule has 0 unspecified atom stereocenters. The summed E-state index contributed by atoms with van der Waals surface area (Å²) in [5, 5.41) is 8.82. The van der Waals surface area contributed by atoms with Crippen LogP contribution in [0.25, 0.3) is 0 Å². The number of aromatic carboxylic acids is 1. The van der Waals surface area contributed by atoms with Crippen LogP contribution in [0.3, 0.4) is 0 Å². The first-order valence-electron chi connectivity index (χ1n) is 7.06. The maximum Gasteiger partial charge on any atom is 0.371 e. The number of amides is 1. The molecule has 0 bridgehead atoms. The molecule has 22 heavy (non-hydrogen) atoms. The molecule has 0 spiro atoms. The van der Waals surface area contributed by atoms with Gasteiger partial charge >= 0.3 is 11.9 Å². The molecule has 0 radical (unpaired) electrons. The van der Waals surface area contributed by atoms with Gasteiger partial charge < -0.3 is 19.2 Å². The second kappa shape index (κ2) is 5.82. The molecule has 120 valence electrons. The Labute approximate surface area is 127 Å². The minimum Gasteiger partial charge on any atom is -0.475 e. The normalized spacial score (nSPS) is 18.3. The maximum absolute atomic E-state index is 12.4. The molecule has 1 aliphatic rings. The summed E-state index contributed by atoms with van der Waals surface area (Å²) >= 11 is 0. The summed E-state index contributed by atoms with van der Waals surface area (Å²) in [6.07, 6.45) is 1.20. The smallest absolute Gasteiger partial charge is 0.371 e. The summed E-state index contributed by atoms with van der Waals surface area (Å²) in [7, 11) is 0. The van der Waals surface area contributed by atoms with E-state index >= 15 is 0 Å². The lowest BCUT2D eigenvalue weighted by Crippen LogP contribution is -2.43. The van der Waals surface area contributed by atoms with Crippen LogP contribution in [0.1, 0.15) is 54.7 Å². The van der Waals surface area contributed by atoms with E-state index in [1.165, 1.54) is 17.0 Å². The van der Waals surface area contributed by atoms with E-state index in [0.717, 1.165) is 0 Å². The SMILES string of the molecule is CC(C)(C)OC(=O)[C@@H]1CCCN1C(=O)c1ccc(C(=O)O)o1. The van der Waals surface area contributed by atoms with Crippen molar-refractivity contribution in [1.29, 1.82) is 0 Å². The van der Waals surface area contributed by atoms with E-state index in [-0.39, 0.29) is 11.5 Å². The number of hydrogen-bond donors (Lipinski definition) is 1. The Kier molecular flexibility index (Phi) is 4.25. The summed E-state index contributed by atoms with van der Waals surface area (Å²) in [6, 6.07) is 1.86. The predicted octanol–water partition coefficient (Wildman–Crippen LogP) is 1.92. The molecule has 1 fully saturated rings. The zero-order valence-corrected chi connectivity index (χ0v) is 12.8. The highest BCUT2D eigenvalue weighted by Crippen LogP contribution is 2.24. The molecule has 7 nitrogen and oxygen atoms in total. The molecule has 0 aliphatic carbocycles. The van der Waals surface area contributed by atoms with Crippen LogP contribution in [0.4, 0.5) is 0 Å². The van der Waals surface area contributed by atoms with Crippen LogP contribution in [-0.4, -0.2) is 46.0 Å². The second-order valence-corrected chi connectivity index (χ2v) is 6.16. The molecule has 1 saturated heterocycles. The van der Waals surface area contributed by atoms with E-state index in [1.54, 1.807) is 20.8 Å². The van der Waals surface area contributed by atoms with Gasteiger partial charge in [0.1, 0.15) is 11.6 Å². The van der Waals surface area contributed by atoms with Crippen LogP contribution in [0.5, 0.6) is 0 Å². The van der Waals surface area contributed by atoms with Crippen molar-refractivity contribution in [3.8, 4) is 0 Å². The third-order valence-electron chi connectivity index (χ3n) is 3.22. The van der Waals surface area contributed by atoms with E-state index < -0.39 is 29.5 Å². The standard InChI is InChI=1S/C15H19NO6/c1-15(2,3)22-14(20)9-5-4-8-16(9)12(17)10-6-7-11(21-10)13(18)19/h6-7,9H,4-5,8H2,1-3H3,(H,18,19)/t9-/m0/s1. The van der Waals surface area contributed by atoms with Crippen molar-refractivity contribution in [2.24, 2.45) is 0 Å². The number of likely N-dealkylation sites (tertiary alicyclic amines) is 1. The summed E-state index contributed by atoms with van der Waals surface area (Å²) in [5.41, 5.74) is -0.629. The highest BCUT2D eigenvalue weighted by Gasteiger charge is 2.38. The van der Waals surface area contributed by atoms with Crippen LogP contribution in [0.2, 0.25) is 0 Å². The van der Waals surface area contributed by atoms with Crippen molar-refractivity contribution in [2.45, 2.75) is 45.3 Å². The van der Waals surface area contributed by atoms with Crippen LogP contribution < -0.4 is 0 Å². The van der Waals surface area contributed by atoms with Gasteiger partial charge in [0.25, 0.3) is 5.91 Å². The Morgan fingerprint density at radius 2 is 1.91 bits per heavy atom. The van der Waals surface area contributed by atoms with E-state index in [4.69, 9.17) is 14.3 Å². The number of furan rings is 1. The monoisotopic (exact) mass is 309 g/mol. The number of ether oxygens (including phenoxy) is 1. The van der Waals surface area contributed by atoms with Gasteiger partial charge in [0.15, 0.2) is 5.76 Å². The molecule has 0 aromatic carbocycles. The first-order chi connectivity index (χ1) is 10.2. The molecule has 2 rings (SSSR count). The lowest BCUT2D eigenvalue weighted by molar-refractivity contribution is -0.159. The molecular formula is C15H19NO6. The van der Waals surface area contributed by atoms with E-state index in [0.29, 0.717) is 19.4 Å². The first-order valence-corrected chi connectivity index (χ1v) is 7.06. The second-order valence-electron chi connectivity index (χ2n) is 6.16. The maximum atomic E-state index is 12.4. The fourth-order valence-corrected chi connectivity index (χ4v) is 2.33. The van der Waals surface area contributed by atoms with Gasteiger partial charge in [0.2, 0.25) is 5.76 Å². The molecule has 1 amide bonds. The fourth-order valence-electron chi connectivity index (χ4n) is 2.33. The van der Waals surface area contributed by atoms with E-state index in [9.17, 15) is 14.4 Å². The average molecular weight is 309 g/mol. The zero-order chi connectivity index (χ0) is 16.5. The van der Waals surface area contributed by atoms with Gasteiger partial charge in [0, 0.05) is 6.54 Å². The van der Waals surface area contributed by atoms with Gasteiger partial charge in [-0.2, -0.15) is 0 Å². The van der Waals surface area contributed by atoms with Gasteiger partial charge in [0.05, 0.1) is 0 Å². The third-order valence-corrected chi connectivity index (χ3v) is 3.22. The lowest BCUT2D eigenvalue weighted by atomic mass is 10.1. The number of nitrogens with zero attached hydrogens (tertiary/aromatic N) is 1. The van der Waals surface area contributed by atoms with Gasteiger partial charge in [-0.3, -0.25) is 4.79 Å². The molecular weight excluding hydrogens is 290 g/mol. The van der Waals surface area contributed by atoms with E-state index in [1.807, 2.05) is 0 Å². The zero-order valence-electron chi connectivity index (χ0n) is 12.8. The Balaban J connectivity index is 2.14. The van der Waals surface area contributed by atoms with Crippen molar-refractivity contribution in [3.05, 3.63) is 23.7 Å². The molecule has 7 heteroatoms. The highest BCUT2D eigenvalue weighted by atomic mass is 16.6. The van der Waals surface area contributed by atoms with Crippen LogP contribution in [0, 0.1) is 0 Å². The number of carboxylic acid groups (broad SMARTS) is 1. The number of hydrogen-bond acceptors (Lipinski definition) is 5. The topological polar surface area (TPSA) is 97.0 Å². The molecule has 0 saturated carbocycles.